The number of sulfonamides is 1. The Bertz CT molecular complexity index is 721. The van der Waals surface area contributed by atoms with Crippen molar-refractivity contribution in [1.82, 2.24) is 4.72 Å². The molecule has 0 saturated heterocycles. The summed E-state index contributed by atoms with van der Waals surface area (Å²) in [6, 6.07) is 9.53. The van der Waals surface area contributed by atoms with Gasteiger partial charge in [-0.1, -0.05) is 24.3 Å². The van der Waals surface area contributed by atoms with Crippen LogP contribution in [-0.4, -0.2) is 8.42 Å². The van der Waals surface area contributed by atoms with Crippen LogP contribution in [0.1, 0.15) is 42.5 Å². The SMILES string of the molecule is C[C@@H](NS(=O)(=O)c1cccs1)c1ccc2c(c1)CCCC2. The van der Waals surface area contributed by atoms with Crippen molar-refractivity contribution < 1.29 is 8.42 Å². The highest BCUT2D eigenvalue weighted by molar-refractivity contribution is 7.91. The Kier molecular flexibility index (Phi) is 4.15. The van der Waals surface area contributed by atoms with Crippen LogP contribution in [0.5, 0.6) is 0 Å². The normalized spacial score (nSPS) is 16.4. The largest absolute Gasteiger partial charge is 0.250 e. The minimum atomic E-state index is -3.42. The van der Waals surface area contributed by atoms with Crippen LogP contribution in [0.15, 0.2) is 39.9 Å². The summed E-state index contributed by atoms with van der Waals surface area (Å²) in [5.41, 5.74) is 3.83. The monoisotopic (exact) mass is 321 g/mol. The Morgan fingerprint density at radius 1 is 1.14 bits per heavy atom. The minimum absolute atomic E-state index is 0.218. The molecule has 0 fully saturated rings. The van der Waals surface area contributed by atoms with Crippen LogP contribution >= 0.6 is 11.3 Å². The van der Waals surface area contributed by atoms with E-state index >= 15 is 0 Å². The molecule has 1 aromatic carbocycles. The number of aryl methyl sites for hydroxylation is 2. The number of nitrogens with one attached hydrogen (secondary N) is 1. The second kappa shape index (κ2) is 5.91. The van der Waals surface area contributed by atoms with E-state index in [0.29, 0.717) is 4.21 Å². The third-order valence-corrected chi connectivity index (χ3v) is 6.90. The molecule has 1 aliphatic carbocycles. The van der Waals surface area contributed by atoms with Crippen molar-refractivity contribution in [2.24, 2.45) is 0 Å². The first kappa shape index (κ1) is 14.8. The van der Waals surface area contributed by atoms with Crippen molar-refractivity contribution in [3.8, 4) is 0 Å². The molecule has 0 amide bonds. The smallest absolute Gasteiger partial charge is 0.206 e. The first-order valence-corrected chi connectivity index (χ1v) is 9.60. The van der Waals surface area contributed by atoms with E-state index in [4.69, 9.17) is 0 Å². The Balaban J connectivity index is 1.81. The molecule has 0 saturated carbocycles. The van der Waals surface area contributed by atoms with E-state index in [1.807, 2.05) is 13.0 Å². The molecule has 0 unspecified atom stereocenters. The van der Waals surface area contributed by atoms with E-state index in [1.165, 1.54) is 35.3 Å². The average molecular weight is 321 g/mol. The Morgan fingerprint density at radius 3 is 2.62 bits per heavy atom. The lowest BCUT2D eigenvalue weighted by molar-refractivity contribution is 0.568. The van der Waals surface area contributed by atoms with Crippen molar-refractivity contribution in [1.29, 1.82) is 0 Å². The van der Waals surface area contributed by atoms with Crippen LogP contribution in [0.2, 0.25) is 0 Å². The van der Waals surface area contributed by atoms with Crippen molar-refractivity contribution in [3.63, 3.8) is 0 Å². The molecular weight excluding hydrogens is 302 g/mol. The highest BCUT2D eigenvalue weighted by atomic mass is 32.2. The van der Waals surface area contributed by atoms with Gasteiger partial charge in [-0.05, 0) is 60.7 Å². The summed E-state index contributed by atoms with van der Waals surface area (Å²) in [7, 11) is -3.42. The fourth-order valence-corrected chi connectivity index (χ4v) is 5.04. The van der Waals surface area contributed by atoms with Gasteiger partial charge in [-0.3, -0.25) is 0 Å². The van der Waals surface area contributed by atoms with Crippen LogP contribution < -0.4 is 4.72 Å². The maximum atomic E-state index is 12.3. The minimum Gasteiger partial charge on any atom is -0.206 e. The van der Waals surface area contributed by atoms with Gasteiger partial charge in [0.15, 0.2) is 0 Å². The molecular formula is C16H19NO2S2. The highest BCUT2D eigenvalue weighted by Crippen LogP contribution is 2.26. The fourth-order valence-electron chi connectivity index (χ4n) is 2.80. The molecule has 1 atom stereocenters. The lowest BCUT2D eigenvalue weighted by Gasteiger charge is -2.19. The molecule has 0 aliphatic heterocycles. The quantitative estimate of drug-likeness (QED) is 0.934. The number of hydrogen-bond acceptors (Lipinski definition) is 3. The van der Waals surface area contributed by atoms with Gasteiger partial charge in [0.1, 0.15) is 4.21 Å². The molecule has 3 rings (SSSR count). The first-order valence-electron chi connectivity index (χ1n) is 7.24. The third kappa shape index (κ3) is 3.20. The van der Waals surface area contributed by atoms with Crippen LogP contribution in [-0.2, 0) is 22.9 Å². The Labute approximate surface area is 130 Å². The molecule has 1 aliphatic rings. The zero-order valence-electron chi connectivity index (χ0n) is 12.0. The summed E-state index contributed by atoms with van der Waals surface area (Å²) in [5.74, 6) is 0. The molecule has 3 nitrogen and oxygen atoms in total. The average Bonchev–Trinajstić information content (AvgIpc) is 3.01. The van der Waals surface area contributed by atoms with E-state index in [9.17, 15) is 8.42 Å². The zero-order chi connectivity index (χ0) is 14.9. The number of thiophene rings is 1. The van der Waals surface area contributed by atoms with Crippen molar-refractivity contribution in [2.75, 3.05) is 0 Å². The van der Waals surface area contributed by atoms with Gasteiger partial charge in [0, 0.05) is 6.04 Å². The van der Waals surface area contributed by atoms with E-state index in [-0.39, 0.29) is 6.04 Å². The van der Waals surface area contributed by atoms with Gasteiger partial charge in [0.05, 0.1) is 0 Å². The fraction of sp³-hybridized carbons (Fsp3) is 0.375. The maximum Gasteiger partial charge on any atom is 0.250 e. The van der Waals surface area contributed by atoms with Gasteiger partial charge in [-0.15, -0.1) is 11.3 Å². The maximum absolute atomic E-state index is 12.3. The van der Waals surface area contributed by atoms with Crippen LogP contribution in [0, 0.1) is 0 Å². The van der Waals surface area contributed by atoms with Gasteiger partial charge in [-0.25, -0.2) is 13.1 Å². The van der Waals surface area contributed by atoms with Gasteiger partial charge < -0.3 is 0 Å². The molecule has 112 valence electrons. The molecule has 0 bridgehead atoms. The van der Waals surface area contributed by atoms with Crippen LogP contribution in [0.4, 0.5) is 0 Å². The van der Waals surface area contributed by atoms with Crippen molar-refractivity contribution in [3.05, 3.63) is 52.4 Å². The lowest BCUT2D eigenvalue weighted by Crippen LogP contribution is -2.26. The predicted octanol–water partition coefficient (Wildman–Crippen LogP) is 3.67. The Morgan fingerprint density at radius 2 is 1.90 bits per heavy atom. The molecule has 1 aromatic heterocycles. The number of hydrogen-bond donors (Lipinski definition) is 1. The molecule has 0 spiro atoms. The Hall–Kier alpha value is -1.17. The highest BCUT2D eigenvalue weighted by Gasteiger charge is 2.20. The van der Waals surface area contributed by atoms with Gasteiger partial charge in [-0.2, -0.15) is 0 Å². The second-order valence-corrected chi connectivity index (χ2v) is 8.40. The zero-order valence-corrected chi connectivity index (χ0v) is 13.6. The van der Waals surface area contributed by atoms with Gasteiger partial charge >= 0.3 is 0 Å². The predicted molar refractivity (Wildman–Crippen MR) is 86.1 cm³/mol. The van der Waals surface area contributed by atoms with Crippen molar-refractivity contribution >= 4 is 21.4 Å². The molecule has 5 heteroatoms. The first-order chi connectivity index (χ1) is 10.1. The third-order valence-electron chi connectivity index (χ3n) is 3.96. The lowest BCUT2D eigenvalue weighted by atomic mass is 9.89. The summed E-state index contributed by atoms with van der Waals surface area (Å²) in [6.07, 6.45) is 4.73. The summed E-state index contributed by atoms with van der Waals surface area (Å²) in [5, 5.41) is 1.78. The van der Waals surface area contributed by atoms with E-state index < -0.39 is 10.0 Å². The number of fused-ring (bicyclic) bond motifs is 1. The van der Waals surface area contributed by atoms with E-state index in [2.05, 4.69) is 16.9 Å². The number of rotatable bonds is 4. The standard InChI is InChI=1S/C16H19NO2S2/c1-12(17-21(18,19)16-7-4-10-20-16)14-9-8-13-5-2-3-6-15(13)11-14/h4,7-12,17H,2-3,5-6H2,1H3/t12-/m1/s1. The van der Waals surface area contributed by atoms with Crippen LogP contribution in [0.25, 0.3) is 0 Å². The molecule has 1 heterocycles. The molecule has 0 radical (unpaired) electrons. The van der Waals surface area contributed by atoms with E-state index in [1.54, 1.807) is 17.5 Å². The summed E-state index contributed by atoms with van der Waals surface area (Å²) in [4.78, 5) is 0. The van der Waals surface area contributed by atoms with Crippen molar-refractivity contribution in [2.45, 2.75) is 42.9 Å². The van der Waals surface area contributed by atoms with E-state index in [0.717, 1.165) is 18.4 Å². The molecule has 21 heavy (non-hydrogen) atoms. The second-order valence-electron chi connectivity index (χ2n) is 5.51. The van der Waals surface area contributed by atoms with Crippen LogP contribution in [0.3, 0.4) is 0 Å². The number of benzene rings is 1. The summed E-state index contributed by atoms with van der Waals surface area (Å²) >= 11 is 1.24. The van der Waals surface area contributed by atoms with Gasteiger partial charge in [0.2, 0.25) is 0 Å². The summed E-state index contributed by atoms with van der Waals surface area (Å²) < 4.78 is 27.7. The molecule has 2 aromatic rings. The summed E-state index contributed by atoms with van der Waals surface area (Å²) in [6.45, 7) is 1.90. The molecule has 1 N–H and O–H groups in total. The topological polar surface area (TPSA) is 46.2 Å². The van der Waals surface area contributed by atoms with Gasteiger partial charge in [0.25, 0.3) is 10.0 Å².